The van der Waals surface area contributed by atoms with Gasteiger partial charge in [-0.3, -0.25) is 4.79 Å². The molecule has 28 heavy (non-hydrogen) atoms. The van der Waals surface area contributed by atoms with Crippen LogP contribution >= 0.6 is 0 Å². The van der Waals surface area contributed by atoms with Crippen LogP contribution in [0.2, 0.25) is 0 Å². The van der Waals surface area contributed by atoms with E-state index in [9.17, 15) is 9.18 Å². The second-order valence-corrected chi connectivity index (χ2v) is 7.76. The molecule has 148 valence electrons. The van der Waals surface area contributed by atoms with Crippen molar-refractivity contribution in [3.05, 3.63) is 59.7 Å². The largest absolute Gasteiger partial charge is 0.490 e. The van der Waals surface area contributed by atoms with E-state index in [2.05, 4.69) is 16.9 Å². The Balaban J connectivity index is 1.35. The lowest BCUT2D eigenvalue weighted by Crippen LogP contribution is -2.42. The van der Waals surface area contributed by atoms with Crippen LogP contribution in [0.15, 0.2) is 42.5 Å². The second-order valence-electron chi connectivity index (χ2n) is 7.76. The highest BCUT2D eigenvalue weighted by Gasteiger charge is 2.27. The molecule has 0 spiro atoms. The lowest BCUT2D eigenvalue weighted by Gasteiger charge is -2.32. The standard InChI is InChI=1S/C22H26FN3O2/c1-25-11-8-16(15-25)20-6-3-7-21(24-20)22(27)26-12-9-18(10-13-26)28-19-5-2-4-17(23)14-19/h2-7,14,16,18H,8-13,15H2,1H3. The van der Waals surface area contributed by atoms with Gasteiger partial charge >= 0.3 is 0 Å². The summed E-state index contributed by atoms with van der Waals surface area (Å²) in [7, 11) is 2.12. The first-order valence-electron chi connectivity index (χ1n) is 9.95. The lowest BCUT2D eigenvalue weighted by atomic mass is 10.0. The molecule has 4 rings (SSSR count). The average molecular weight is 383 g/mol. The Morgan fingerprint density at radius 2 is 1.89 bits per heavy atom. The van der Waals surface area contributed by atoms with E-state index in [1.807, 2.05) is 17.0 Å². The molecule has 1 unspecified atom stereocenters. The zero-order chi connectivity index (χ0) is 19.5. The van der Waals surface area contributed by atoms with Gasteiger partial charge in [0.2, 0.25) is 0 Å². The number of hydrogen-bond acceptors (Lipinski definition) is 4. The van der Waals surface area contributed by atoms with Crippen LogP contribution in [0.1, 0.15) is 41.4 Å². The minimum Gasteiger partial charge on any atom is -0.490 e. The molecular formula is C22H26FN3O2. The van der Waals surface area contributed by atoms with Gasteiger partial charge in [0.15, 0.2) is 0 Å². The Morgan fingerprint density at radius 3 is 2.61 bits per heavy atom. The minimum atomic E-state index is -0.301. The molecular weight excluding hydrogens is 357 g/mol. The maximum absolute atomic E-state index is 13.3. The zero-order valence-electron chi connectivity index (χ0n) is 16.2. The molecule has 1 aromatic carbocycles. The number of benzene rings is 1. The van der Waals surface area contributed by atoms with Crippen molar-refractivity contribution < 1.29 is 13.9 Å². The zero-order valence-corrected chi connectivity index (χ0v) is 16.2. The van der Waals surface area contributed by atoms with Gasteiger partial charge in [0.25, 0.3) is 5.91 Å². The fourth-order valence-electron chi connectivity index (χ4n) is 4.05. The van der Waals surface area contributed by atoms with Crippen LogP contribution < -0.4 is 4.74 Å². The molecule has 6 heteroatoms. The number of rotatable bonds is 4. The van der Waals surface area contributed by atoms with Crippen LogP contribution in [-0.4, -0.2) is 60.0 Å². The Hall–Kier alpha value is -2.47. The van der Waals surface area contributed by atoms with Crippen LogP contribution in [0.3, 0.4) is 0 Å². The number of likely N-dealkylation sites (N-methyl/N-ethyl adjacent to an activating group) is 1. The van der Waals surface area contributed by atoms with E-state index in [0.717, 1.165) is 38.0 Å². The van der Waals surface area contributed by atoms with E-state index in [1.165, 1.54) is 12.1 Å². The molecule has 0 radical (unpaired) electrons. The summed E-state index contributed by atoms with van der Waals surface area (Å²) >= 11 is 0. The minimum absolute atomic E-state index is 0.000769. The number of nitrogens with zero attached hydrogens (tertiary/aromatic N) is 3. The van der Waals surface area contributed by atoms with Gasteiger partial charge in [-0.1, -0.05) is 12.1 Å². The summed E-state index contributed by atoms with van der Waals surface area (Å²) in [6.45, 7) is 3.31. The highest BCUT2D eigenvalue weighted by molar-refractivity contribution is 5.92. The number of piperidine rings is 1. The van der Waals surface area contributed by atoms with E-state index in [1.54, 1.807) is 18.2 Å². The molecule has 2 aliphatic heterocycles. The molecule has 5 nitrogen and oxygen atoms in total. The van der Waals surface area contributed by atoms with E-state index in [4.69, 9.17) is 4.74 Å². The topological polar surface area (TPSA) is 45.7 Å². The van der Waals surface area contributed by atoms with Gasteiger partial charge in [0.05, 0.1) is 0 Å². The van der Waals surface area contributed by atoms with Crippen molar-refractivity contribution in [1.29, 1.82) is 0 Å². The highest BCUT2D eigenvalue weighted by atomic mass is 19.1. The summed E-state index contributed by atoms with van der Waals surface area (Å²) in [6, 6.07) is 12.0. The molecule has 0 bridgehead atoms. The van der Waals surface area contributed by atoms with Crippen LogP contribution in [-0.2, 0) is 0 Å². The predicted octanol–water partition coefficient (Wildman–Crippen LogP) is 3.32. The Morgan fingerprint density at radius 1 is 1.11 bits per heavy atom. The molecule has 0 N–H and O–H groups in total. The number of carbonyl (C=O) groups excluding carboxylic acids is 1. The third-order valence-corrected chi connectivity index (χ3v) is 5.63. The predicted molar refractivity (Wildman–Crippen MR) is 105 cm³/mol. The summed E-state index contributed by atoms with van der Waals surface area (Å²) in [5.74, 6) is 0.630. The number of carbonyl (C=O) groups is 1. The molecule has 2 aromatic rings. The van der Waals surface area contributed by atoms with Crippen LogP contribution in [0, 0.1) is 5.82 Å². The molecule has 2 fully saturated rings. The van der Waals surface area contributed by atoms with Crippen molar-refractivity contribution in [2.24, 2.45) is 0 Å². The second kappa shape index (κ2) is 8.27. The third-order valence-electron chi connectivity index (χ3n) is 5.63. The number of likely N-dealkylation sites (tertiary alicyclic amines) is 2. The quantitative estimate of drug-likeness (QED) is 0.813. The first kappa shape index (κ1) is 18.9. The number of hydrogen-bond donors (Lipinski definition) is 0. The van der Waals surface area contributed by atoms with E-state index in [0.29, 0.717) is 30.5 Å². The van der Waals surface area contributed by atoms with Crippen LogP contribution in [0.4, 0.5) is 4.39 Å². The summed E-state index contributed by atoms with van der Waals surface area (Å²) < 4.78 is 19.2. The van der Waals surface area contributed by atoms with Crippen molar-refractivity contribution in [2.45, 2.75) is 31.3 Å². The lowest BCUT2D eigenvalue weighted by molar-refractivity contribution is 0.0589. The Labute approximate surface area is 165 Å². The number of ether oxygens (including phenoxy) is 1. The van der Waals surface area contributed by atoms with Crippen molar-refractivity contribution >= 4 is 5.91 Å². The summed E-state index contributed by atoms with van der Waals surface area (Å²) in [5.41, 5.74) is 1.54. The maximum Gasteiger partial charge on any atom is 0.272 e. The molecule has 3 heterocycles. The van der Waals surface area contributed by atoms with Gasteiger partial charge in [0.1, 0.15) is 23.4 Å². The van der Waals surface area contributed by atoms with Gasteiger partial charge < -0.3 is 14.5 Å². The Bertz CT molecular complexity index is 836. The SMILES string of the molecule is CN1CCC(c2cccc(C(=O)N3CCC(Oc4cccc(F)c4)CC3)n2)C1. The molecule has 2 aliphatic rings. The third kappa shape index (κ3) is 4.33. The van der Waals surface area contributed by atoms with E-state index < -0.39 is 0 Å². The first-order valence-corrected chi connectivity index (χ1v) is 9.95. The number of pyridine rings is 1. The smallest absolute Gasteiger partial charge is 0.272 e. The monoisotopic (exact) mass is 383 g/mol. The average Bonchev–Trinajstić information content (AvgIpc) is 3.15. The maximum atomic E-state index is 13.3. The molecule has 1 amide bonds. The van der Waals surface area contributed by atoms with Crippen molar-refractivity contribution in [3.63, 3.8) is 0 Å². The number of aromatic nitrogens is 1. The molecule has 1 atom stereocenters. The molecule has 2 saturated heterocycles. The van der Waals surface area contributed by atoms with Gasteiger partial charge in [0, 0.05) is 50.2 Å². The Kier molecular flexibility index (Phi) is 5.57. The van der Waals surface area contributed by atoms with E-state index in [-0.39, 0.29) is 17.8 Å². The van der Waals surface area contributed by atoms with Crippen molar-refractivity contribution in [3.8, 4) is 5.75 Å². The van der Waals surface area contributed by atoms with Gasteiger partial charge in [-0.15, -0.1) is 0 Å². The molecule has 1 aromatic heterocycles. The van der Waals surface area contributed by atoms with Gasteiger partial charge in [-0.25, -0.2) is 9.37 Å². The van der Waals surface area contributed by atoms with Crippen molar-refractivity contribution in [2.75, 3.05) is 33.2 Å². The van der Waals surface area contributed by atoms with Crippen molar-refractivity contribution in [1.82, 2.24) is 14.8 Å². The van der Waals surface area contributed by atoms with E-state index >= 15 is 0 Å². The summed E-state index contributed by atoms with van der Waals surface area (Å²) in [5, 5.41) is 0. The normalized spacial score (nSPS) is 21.1. The van der Waals surface area contributed by atoms with Gasteiger partial charge in [-0.05, 0) is 44.3 Å². The fraction of sp³-hybridized carbons (Fsp3) is 0.455. The first-order chi connectivity index (χ1) is 13.6. The molecule has 0 aliphatic carbocycles. The summed E-state index contributed by atoms with van der Waals surface area (Å²) in [4.78, 5) is 21.7. The number of amides is 1. The number of halogens is 1. The van der Waals surface area contributed by atoms with Gasteiger partial charge in [-0.2, -0.15) is 0 Å². The highest BCUT2D eigenvalue weighted by Crippen LogP contribution is 2.25. The molecule has 0 saturated carbocycles. The van der Waals surface area contributed by atoms with Crippen LogP contribution in [0.5, 0.6) is 5.75 Å². The summed E-state index contributed by atoms with van der Waals surface area (Å²) in [6.07, 6.45) is 2.55. The fourth-order valence-corrected chi connectivity index (χ4v) is 4.05. The van der Waals surface area contributed by atoms with Crippen LogP contribution in [0.25, 0.3) is 0 Å².